The highest BCUT2D eigenvalue weighted by Gasteiger charge is 2.11. The minimum Gasteiger partial charge on any atom is -0.352 e. The molecule has 0 saturated heterocycles. The molecule has 3 rings (SSSR count). The van der Waals surface area contributed by atoms with Crippen LogP contribution in [0.4, 0.5) is 0 Å². The second kappa shape index (κ2) is 6.96. The van der Waals surface area contributed by atoms with Crippen molar-refractivity contribution in [2.75, 3.05) is 6.54 Å². The lowest BCUT2D eigenvalue weighted by Gasteiger charge is -2.09. The molecule has 3 aromatic rings. The molecule has 118 valence electrons. The van der Waals surface area contributed by atoms with Gasteiger partial charge >= 0.3 is 0 Å². The van der Waals surface area contributed by atoms with E-state index in [4.69, 9.17) is 0 Å². The van der Waals surface area contributed by atoms with Crippen LogP contribution >= 0.6 is 15.9 Å². The van der Waals surface area contributed by atoms with Crippen LogP contribution in [0.1, 0.15) is 28.0 Å². The molecule has 0 aliphatic heterocycles. The standard InChI is InChI=1S/C18H18BrN3O/c1-13-17(8-7-16-11-20-12-22(13)16)18(23)21-9-3-5-14-4-2-6-15(19)10-14/h2,4,6-8,10-12H,3,5,9H2,1H3,(H,21,23). The van der Waals surface area contributed by atoms with Crippen molar-refractivity contribution >= 4 is 27.4 Å². The first-order valence-corrected chi connectivity index (χ1v) is 8.39. The number of fused-ring (bicyclic) bond motifs is 1. The highest BCUT2D eigenvalue weighted by molar-refractivity contribution is 9.10. The van der Waals surface area contributed by atoms with Crippen molar-refractivity contribution < 1.29 is 4.79 Å². The Morgan fingerprint density at radius 3 is 3.00 bits per heavy atom. The molecule has 0 spiro atoms. The Bertz CT molecular complexity index is 841. The molecule has 4 nitrogen and oxygen atoms in total. The summed E-state index contributed by atoms with van der Waals surface area (Å²) in [5.41, 5.74) is 3.86. The van der Waals surface area contributed by atoms with Crippen LogP contribution in [0.5, 0.6) is 0 Å². The molecule has 0 aliphatic rings. The molecule has 0 bridgehead atoms. The van der Waals surface area contributed by atoms with Gasteiger partial charge in [0.25, 0.3) is 5.91 Å². The summed E-state index contributed by atoms with van der Waals surface area (Å²) in [4.78, 5) is 16.5. The number of amides is 1. The number of hydrogen-bond acceptors (Lipinski definition) is 2. The van der Waals surface area contributed by atoms with E-state index in [0.717, 1.165) is 28.5 Å². The molecule has 0 radical (unpaired) electrons. The molecule has 2 aromatic heterocycles. The van der Waals surface area contributed by atoms with Gasteiger partial charge in [0.2, 0.25) is 0 Å². The Balaban J connectivity index is 1.57. The Kier molecular flexibility index (Phi) is 4.76. The third-order valence-electron chi connectivity index (χ3n) is 3.90. The van der Waals surface area contributed by atoms with Gasteiger partial charge in [-0.05, 0) is 49.6 Å². The maximum Gasteiger partial charge on any atom is 0.253 e. The monoisotopic (exact) mass is 371 g/mol. The molecular formula is C18H18BrN3O. The molecular weight excluding hydrogens is 354 g/mol. The van der Waals surface area contributed by atoms with Crippen molar-refractivity contribution in [3.05, 3.63) is 70.2 Å². The summed E-state index contributed by atoms with van der Waals surface area (Å²) < 4.78 is 3.01. The van der Waals surface area contributed by atoms with Crippen LogP contribution in [0.2, 0.25) is 0 Å². The summed E-state index contributed by atoms with van der Waals surface area (Å²) in [5.74, 6) is -0.0349. The van der Waals surface area contributed by atoms with E-state index >= 15 is 0 Å². The predicted octanol–water partition coefficient (Wildman–Crippen LogP) is 3.77. The van der Waals surface area contributed by atoms with Gasteiger partial charge in [0, 0.05) is 16.7 Å². The minimum absolute atomic E-state index is 0.0349. The SMILES string of the molecule is Cc1c(C(=O)NCCCc2cccc(Br)c2)ccc2cncn12. The number of hydrogen-bond donors (Lipinski definition) is 1. The highest BCUT2D eigenvalue weighted by atomic mass is 79.9. The van der Waals surface area contributed by atoms with Crippen molar-refractivity contribution in [3.63, 3.8) is 0 Å². The predicted molar refractivity (Wildman–Crippen MR) is 94.7 cm³/mol. The van der Waals surface area contributed by atoms with Crippen LogP contribution in [0.15, 0.2) is 53.4 Å². The second-order valence-corrected chi connectivity index (χ2v) is 6.43. The smallest absolute Gasteiger partial charge is 0.253 e. The molecule has 2 heterocycles. The first kappa shape index (κ1) is 15.7. The zero-order chi connectivity index (χ0) is 16.2. The fourth-order valence-electron chi connectivity index (χ4n) is 2.65. The number of pyridine rings is 1. The van der Waals surface area contributed by atoms with E-state index in [2.05, 4.69) is 38.4 Å². The van der Waals surface area contributed by atoms with Crippen LogP contribution in [0, 0.1) is 6.92 Å². The van der Waals surface area contributed by atoms with Gasteiger partial charge in [-0.15, -0.1) is 0 Å². The molecule has 0 fully saturated rings. The van der Waals surface area contributed by atoms with Gasteiger partial charge in [0.1, 0.15) is 0 Å². The molecule has 0 atom stereocenters. The summed E-state index contributed by atoms with van der Waals surface area (Å²) >= 11 is 3.47. The Morgan fingerprint density at radius 2 is 2.17 bits per heavy atom. The number of nitrogens with one attached hydrogen (secondary N) is 1. The Morgan fingerprint density at radius 1 is 1.30 bits per heavy atom. The summed E-state index contributed by atoms with van der Waals surface area (Å²) in [5, 5.41) is 3.00. The van der Waals surface area contributed by atoms with Gasteiger partial charge in [-0.3, -0.25) is 4.79 Å². The number of carbonyl (C=O) groups is 1. The maximum absolute atomic E-state index is 12.3. The quantitative estimate of drug-likeness (QED) is 0.693. The maximum atomic E-state index is 12.3. The van der Waals surface area contributed by atoms with Crippen molar-refractivity contribution in [1.82, 2.24) is 14.7 Å². The molecule has 0 unspecified atom stereocenters. The molecule has 5 heteroatoms. The van der Waals surface area contributed by atoms with Gasteiger partial charge in [-0.25, -0.2) is 4.98 Å². The number of aryl methyl sites for hydroxylation is 2. The van der Waals surface area contributed by atoms with E-state index in [-0.39, 0.29) is 5.91 Å². The third-order valence-corrected chi connectivity index (χ3v) is 4.39. The van der Waals surface area contributed by atoms with Crippen LogP contribution in [-0.4, -0.2) is 21.8 Å². The summed E-state index contributed by atoms with van der Waals surface area (Å²) in [6.07, 6.45) is 5.37. The largest absolute Gasteiger partial charge is 0.352 e. The van der Waals surface area contributed by atoms with E-state index in [1.165, 1.54) is 5.56 Å². The number of imidazole rings is 1. The topological polar surface area (TPSA) is 46.4 Å². The lowest BCUT2D eigenvalue weighted by molar-refractivity contribution is 0.0952. The first-order chi connectivity index (χ1) is 11.1. The highest BCUT2D eigenvalue weighted by Crippen LogP contribution is 2.14. The summed E-state index contributed by atoms with van der Waals surface area (Å²) in [6, 6.07) is 12.0. The number of benzene rings is 1. The Hall–Kier alpha value is -2.14. The molecule has 1 N–H and O–H groups in total. The van der Waals surface area contributed by atoms with Crippen LogP contribution in [0.3, 0.4) is 0 Å². The van der Waals surface area contributed by atoms with Crippen LogP contribution in [0.25, 0.3) is 5.52 Å². The molecule has 1 aromatic carbocycles. The van der Waals surface area contributed by atoms with Gasteiger partial charge in [-0.2, -0.15) is 0 Å². The third kappa shape index (κ3) is 3.62. The number of nitrogens with zero attached hydrogens (tertiary/aromatic N) is 2. The number of halogens is 1. The lowest BCUT2D eigenvalue weighted by Crippen LogP contribution is -2.26. The fourth-order valence-corrected chi connectivity index (χ4v) is 3.10. The normalized spacial score (nSPS) is 10.9. The second-order valence-electron chi connectivity index (χ2n) is 5.51. The van der Waals surface area contributed by atoms with E-state index in [9.17, 15) is 4.79 Å². The average molecular weight is 372 g/mol. The molecule has 1 amide bonds. The lowest BCUT2D eigenvalue weighted by atomic mass is 10.1. The molecule has 0 saturated carbocycles. The fraction of sp³-hybridized carbons (Fsp3) is 0.222. The zero-order valence-corrected chi connectivity index (χ0v) is 14.5. The number of carbonyl (C=O) groups excluding carboxylic acids is 1. The van der Waals surface area contributed by atoms with E-state index in [1.54, 1.807) is 12.5 Å². The number of rotatable bonds is 5. The van der Waals surface area contributed by atoms with Crippen LogP contribution in [-0.2, 0) is 6.42 Å². The average Bonchev–Trinajstić information content (AvgIpc) is 3.01. The van der Waals surface area contributed by atoms with Crippen molar-refractivity contribution in [2.45, 2.75) is 19.8 Å². The van der Waals surface area contributed by atoms with Gasteiger partial charge in [-0.1, -0.05) is 28.1 Å². The van der Waals surface area contributed by atoms with Crippen molar-refractivity contribution in [1.29, 1.82) is 0 Å². The van der Waals surface area contributed by atoms with Crippen LogP contribution < -0.4 is 5.32 Å². The molecule has 0 aliphatic carbocycles. The van der Waals surface area contributed by atoms with Gasteiger partial charge in [0.05, 0.1) is 23.6 Å². The van der Waals surface area contributed by atoms with E-state index in [1.807, 2.05) is 35.6 Å². The molecule has 23 heavy (non-hydrogen) atoms. The summed E-state index contributed by atoms with van der Waals surface area (Å²) in [6.45, 7) is 2.60. The van der Waals surface area contributed by atoms with Crippen molar-refractivity contribution in [2.24, 2.45) is 0 Å². The number of aromatic nitrogens is 2. The summed E-state index contributed by atoms with van der Waals surface area (Å²) in [7, 11) is 0. The van der Waals surface area contributed by atoms with Gasteiger partial charge in [0.15, 0.2) is 0 Å². The Labute approximate surface area is 143 Å². The first-order valence-electron chi connectivity index (χ1n) is 7.59. The van der Waals surface area contributed by atoms with Gasteiger partial charge < -0.3 is 9.72 Å². The van der Waals surface area contributed by atoms with E-state index in [0.29, 0.717) is 12.1 Å². The van der Waals surface area contributed by atoms with E-state index < -0.39 is 0 Å². The zero-order valence-electron chi connectivity index (χ0n) is 12.9. The minimum atomic E-state index is -0.0349. The van der Waals surface area contributed by atoms with Crippen molar-refractivity contribution in [3.8, 4) is 0 Å².